The van der Waals surface area contributed by atoms with E-state index in [4.69, 9.17) is 0 Å². The van der Waals surface area contributed by atoms with Crippen molar-refractivity contribution >= 4 is 6.29 Å². The van der Waals surface area contributed by atoms with Gasteiger partial charge in [0.15, 0.2) is 0 Å². The number of allylic oxidation sites excluding steroid dienone is 4. The van der Waals surface area contributed by atoms with Gasteiger partial charge in [0.2, 0.25) is 11.4 Å². The second-order valence-electron chi connectivity index (χ2n) is 5.73. The first kappa shape index (κ1) is 22.7. The van der Waals surface area contributed by atoms with Crippen LogP contribution in [0.25, 0.3) is 0 Å². The fraction of sp³-hybridized carbons (Fsp3) is 0.611. The molecule has 0 spiro atoms. The van der Waals surface area contributed by atoms with Crippen LogP contribution in [0.3, 0.4) is 0 Å². The Labute approximate surface area is 148 Å². The molecule has 0 atom stereocenters. The number of hydrogen-bond acceptors (Lipinski definition) is 5. The SMILES string of the molecule is CCCCC/C=C/C/C(=C/C/C(=C/CCCCC=O)[N+](=O)[O-])[N+](=O)[O-]. The van der Waals surface area contributed by atoms with Gasteiger partial charge in [-0.2, -0.15) is 0 Å². The van der Waals surface area contributed by atoms with Gasteiger partial charge in [0, 0.05) is 6.42 Å². The van der Waals surface area contributed by atoms with Gasteiger partial charge in [0.25, 0.3) is 0 Å². The molecule has 140 valence electrons. The van der Waals surface area contributed by atoms with E-state index in [-0.39, 0.29) is 24.2 Å². The van der Waals surface area contributed by atoms with E-state index in [0.717, 1.165) is 32.0 Å². The number of aldehydes is 1. The molecule has 0 heterocycles. The van der Waals surface area contributed by atoms with E-state index in [1.54, 1.807) is 6.08 Å². The number of nitrogens with zero attached hydrogens (tertiary/aromatic N) is 2. The maximum Gasteiger partial charge on any atom is 0.246 e. The van der Waals surface area contributed by atoms with Crippen LogP contribution in [-0.2, 0) is 4.79 Å². The summed E-state index contributed by atoms with van der Waals surface area (Å²) in [5.74, 6) is 0. The number of hydrogen-bond donors (Lipinski definition) is 0. The first-order valence-electron chi connectivity index (χ1n) is 8.78. The van der Waals surface area contributed by atoms with Gasteiger partial charge in [-0.15, -0.1) is 0 Å². The van der Waals surface area contributed by atoms with Crippen molar-refractivity contribution in [2.45, 2.75) is 71.1 Å². The zero-order valence-electron chi connectivity index (χ0n) is 14.9. The van der Waals surface area contributed by atoms with Gasteiger partial charge >= 0.3 is 0 Å². The van der Waals surface area contributed by atoms with E-state index in [0.29, 0.717) is 25.7 Å². The van der Waals surface area contributed by atoms with E-state index in [1.165, 1.54) is 12.2 Å². The smallest absolute Gasteiger partial charge is 0.246 e. The highest BCUT2D eigenvalue weighted by molar-refractivity contribution is 5.48. The molecule has 0 bridgehead atoms. The molecular formula is C18H28N2O5. The Morgan fingerprint density at radius 1 is 0.800 bits per heavy atom. The topological polar surface area (TPSA) is 103 Å². The number of nitro groups is 2. The molecule has 0 aliphatic carbocycles. The highest BCUT2D eigenvalue weighted by atomic mass is 16.6. The van der Waals surface area contributed by atoms with Crippen molar-refractivity contribution in [2.24, 2.45) is 0 Å². The second kappa shape index (κ2) is 15.2. The van der Waals surface area contributed by atoms with E-state index in [1.807, 2.05) is 6.08 Å². The summed E-state index contributed by atoms with van der Waals surface area (Å²) >= 11 is 0. The van der Waals surface area contributed by atoms with Gasteiger partial charge in [-0.25, -0.2) is 0 Å². The molecule has 0 aromatic rings. The lowest BCUT2D eigenvalue weighted by molar-refractivity contribution is -0.431. The van der Waals surface area contributed by atoms with Gasteiger partial charge in [-0.3, -0.25) is 20.2 Å². The zero-order chi connectivity index (χ0) is 18.9. The predicted molar refractivity (Wildman–Crippen MR) is 97.2 cm³/mol. The van der Waals surface area contributed by atoms with Crippen LogP contribution in [0.1, 0.15) is 71.1 Å². The van der Waals surface area contributed by atoms with Crippen LogP contribution in [0.5, 0.6) is 0 Å². The molecule has 0 aliphatic heterocycles. The van der Waals surface area contributed by atoms with Crippen molar-refractivity contribution in [3.63, 3.8) is 0 Å². The Morgan fingerprint density at radius 3 is 2.00 bits per heavy atom. The molecule has 0 fully saturated rings. The molecule has 0 rings (SSSR count). The standard InChI is InChI=1S/C18H28N2O5/c1-2-3-4-5-6-9-12-17(19(22)23)14-15-18(20(24)25)13-10-7-8-11-16-21/h6,9,13-14,16H,2-5,7-8,10-12,15H2,1H3/b9-6+,17-14-,18-13-. The van der Waals surface area contributed by atoms with Crippen LogP contribution >= 0.6 is 0 Å². The summed E-state index contributed by atoms with van der Waals surface area (Å²) in [6, 6.07) is 0. The minimum absolute atomic E-state index is 0.0274. The van der Waals surface area contributed by atoms with Crippen molar-refractivity contribution in [1.82, 2.24) is 0 Å². The molecule has 0 aromatic heterocycles. The summed E-state index contributed by atoms with van der Waals surface area (Å²) in [7, 11) is 0. The lowest BCUT2D eigenvalue weighted by atomic mass is 10.1. The Kier molecular flexibility index (Phi) is 13.8. The normalized spacial score (nSPS) is 12.5. The van der Waals surface area contributed by atoms with Gasteiger partial charge in [-0.1, -0.05) is 31.9 Å². The van der Waals surface area contributed by atoms with E-state index in [2.05, 4.69) is 6.92 Å². The molecule has 7 heteroatoms. The monoisotopic (exact) mass is 352 g/mol. The number of unbranched alkanes of at least 4 members (excludes halogenated alkanes) is 6. The van der Waals surface area contributed by atoms with Crippen molar-refractivity contribution in [3.05, 3.63) is 55.9 Å². The lowest BCUT2D eigenvalue weighted by Crippen LogP contribution is -2.01. The Balaban J connectivity index is 4.60. The molecule has 7 nitrogen and oxygen atoms in total. The molecule has 0 amide bonds. The third-order valence-electron chi connectivity index (χ3n) is 3.64. The van der Waals surface area contributed by atoms with Gasteiger partial charge in [0.1, 0.15) is 6.29 Å². The van der Waals surface area contributed by atoms with Gasteiger partial charge in [-0.05, 0) is 44.3 Å². The van der Waals surface area contributed by atoms with Crippen LogP contribution < -0.4 is 0 Å². The average Bonchev–Trinajstić information content (AvgIpc) is 2.57. The van der Waals surface area contributed by atoms with Crippen LogP contribution in [0.2, 0.25) is 0 Å². The summed E-state index contributed by atoms with van der Waals surface area (Å²) in [4.78, 5) is 31.3. The van der Waals surface area contributed by atoms with Crippen molar-refractivity contribution in [3.8, 4) is 0 Å². The fourth-order valence-corrected chi connectivity index (χ4v) is 2.16. The quantitative estimate of drug-likeness (QED) is 0.136. The number of rotatable bonds is 15. The van der Waals surface area contributed by atoms with E-state index >= 15 is 0 Å². The highest BCUT2D eigenvalue weighted by Gasteiger charge is 2.13. The third kappa shape index (κ3) is 12.7. The zero-order valence-corrected chi connectivity index (χ0v) is 14.9. The van der Waals surface area contributed by atoms with Crippen LogP contribution in [0.4, 0.5) is 0 Å². The second-order valence-corrected chi connectivity index (χ2v) is 5.73. The molecule has 0 N–H and O–H groups in total. The molecule has 0 unspecified atom stereocenters. The summed E-state index contributed by atoms with van der Waals surface area (Å²) in [6.07, 6.45) is 13.9. The molecule has 0 saturated carbocycles. The van der Waals surface area contributed by atoms with Crippen LogP contribution in [0, 0.1) is 20.2 Å². The van der Waals surface area contributed by atoms with Crippen LogP contribution in [0.15, 0.2) is 35.7 Å². The van der Waals surface area contributed by atoms with E-state index < -0.39 is 9.85 Å². The van der Waals surface area contributed by atoms with Crippen molar-refractivity contribution in [1.29, 1.82) is 0 Å². The molecular weight excluding hydrogens is 324 g/mol. The third-order valence-corrected chi connectivity index (χ3v) is 3.64. The summed E-state index contributed by atoms with van der Waals surface area (Å²) in [5.41, 5.74) is -0.0715. The summed E-state index contributed by atoms with van der Waals surface area (Å²) in [5, 5.41) is 22.1. The van der Waals surface area contributed by atoms with Gasteiger partial charge < -0.3 is 4.79 Å². The fourth-order valence-electron chi connectivity index (χ4n) is 2.16. The lowest BCUT2D eigenvalue weighted by Gasteiger charge is -1.98. The molecule has 0 saturated heterocycles. The number of carbonyl (C=O) groups excluding carboxylic acids is 1. The predicted octanol–water partition coefficient (Wildman–Crippen LogP) is 4.98. The average molecular weight is 352 g/mol. The van der Waals surface area contributed by atoms with Crippen LogP contribution in [-0.4, -0.2) is 16.1 Å². The minimum Gasteiger partial charge on any atom is -0.303 e. The van der Waals surface area contributed by atoms with Crippen molar-refractivity contribution in [2.75, 3.05) is 0 Å². The molecule has 0 aliphatic rings. The van der Waals surface area contributed by atoms with Crippen molar-refractivity contribution < 1.29 is 14.6 Å². The maximum absolute atomic E-state index is 11.1. The Morgan fingerprint density at radius 2 is 1.40 bits per heavy atom. The van der Waals surface area contributed by atoms with Gasteiger partial charge in [0.05, 0.1) is 22.7 Å². The first-order valence-corrected chi connectivity index (χ1v) is 8.78. The Bertz CT molecular complexity index is 510. The molecule has 0 aromatic carbocycles. The minimum atomic E-state index is -0.506. The summed E-state index contributed by atoms with van der Waals surface area (Å²) < 4.78 is 0. The Hall–Kier alpha value is -2.31. The highest BCUT2D eigenvalue weighted by Crippen LogP contribution is 2.13. The first-order chi connectivity index (χ1) is 12.0. The largest absolute Gasteiger partial charge is 0.303 e. The maximum atomic E-state index is 11.1. The summed E-state index contributed by atoms with van der Waals surface area (Å²) in [6.45, 7) is 2.11. The molecule has 25 heavy (non-hydrogen) atoms. The molecule has 0 radical (unpaired) electrons. The number of carbonyl (C=O) groups is 1. The van der Waals surface area contributed by atoms with E-state index in [9.17, 15) is 25.0 Å².